The highest BCUT2D eigenvalue weighted by atomic mass is 19.1. The molecule has 0 radical (unpaired) electrons. The number of aliphatic hydroxyl groups excluding tert-OH is 1. The Kier molecular flexibility index (Phi) is 5.23. The van der Waals surface area contributed by atoms with Crippen LogP contribution < -0.4 is 5.32 Å². The number of aromatic nitrogens is 1. The number of nitrogens with zero attached hydrogens (tertiary/aromatic N) is 1. The molecule has 1 rings (SSSR count). The van der Waals surface area contributed by atoms with Gasteiger partial charge in [-0.3, -0.25) is 4.98 Å². The van der Waals surface area contributed by atoms with Gasteiger partial charge in [0.2, 0.25) is 0 Å². The standard InChI is InChI=1S/C14H23FN2O/c1-10(12-6-5-11(15)9-16-12)17-13(7-8-18)14(2,3)4/h5-6,9-10,13,17-18H,7-8H2,1-4H3. The summed E-state index contributed by atoms with van der Waals surface area (Å²) in [6, 6.07) is 3.32. The smallest absolute Gasteiger partial charge is 0.141 e. The van der Waals surface area contributed by atoms with Crippen LogP contribution in [-0.2, 0) is 0 Å². The lowest BCUT2D eigenvalue weighted by atomic mass is 9.84. The van der Waals surface area contributed by atoms with E-state index in [1.165, 1.54) is 12.3 Å². The fraction of sp³-hybridized carbons (Fsp3) is 0.643. The molecule has 0 saturated heterocycles. The van der Waals surface area contributed by atoms with E-state index in [0.29, 0.717) is 6.42 Å². The topological polar surface area (TPSA) is 45.1 Å². The molecule has 1 heterocycles. The molecule has 3 nitrogen and oxygen atoms in total. The van der Waals surface area contributed by atoms with Crippen molar-refractivity contribution in [3.63, 3.8) is 0 Å². The quantitative estimate of drug-likeness (QED) is 0.849. The van der Waals surface area contributed by atoms with Crippen LogP contribution in [0.5, 0.6) is 0 Å². The molecule has 0 amide bonds. The van der Waals surface area contributed by atoms with Gasteiger partial charge < -0.3 is 10.4 Å². The van der Waals surface area contributed by atoms with E-state index in [9.17, 15) is 4.39 Å². The summed E-state index contributed by atoms with van der Waals surface area (Å²) in [6.07, 6.45) is 1.92. The first-order valence-corrected chi connectivity index (χ1v) is 6.33. The highest BCUT2D eigenvalue weighted by molar-refractivity contribution is 5.09. The maximum Gasteiger partial charge on any atom is 0.141 e. The summed E-state index contributed by atoms with van der Waals surface area (Å²) in [7, 11) is 0. The number of hydrogen-bond donors (Lipinski definition) is 2. The molecule has 0 bridgehead atoms. The van der Waals surface area contributed by atoms with Gasteiger partial charge in [-0.1, -0.05) is 20.8 Å². The third-order valence-corrected chi connectivity index (χ3v) is 3.11. The summed E-state index contributed by atoms with van der Waals surface area (Å²) in [5, 5.41) is 12.6. The van der Waals surface area contributed by atoms with Gasteiger partial charge in [0.05, 0.1) is 11.9 Å². The Morgan fingerprint density at radius 3 is 2.50 bits per heavy atom. The Bertz CT molecular complexity index is 359. The molecular weight excluding hydrogens is 231 g/mol. The van der Waals surface area contributed by atoms with Gasteiger partial charge in [0.1, 0.15) is 5.82 Å². The van der Waals surface area contributed by atoms with Crippen molar-refractivity contribution in [3.8, 4) is 0 Å². The van der Waals surface area contributed by atoms with E-state index in [1.54, 1.807) is 6.07 Å². The van der Waals surface area contributed by atoms with Crippen LogP contribution in [0, 0.1) is 11.2 Å². The van der Waals surface area contributed by atoms with E-state index in [1.807, 2.05) is 6.92 Å². The van der Waals surface area contributed by atoms with E-state index in [2.05, 4.69) is 31.1 Å². The summed E-state index contributed by atoms with van der Waals surface area (Å²) in [4.78, 5) is 4.07. The second-order valence-electron chi connectivity index (χ2n) is 5.72. The Hall–Kier alpha value is -1.00. The molecule has 4 heteroatoms. The molecule has 2 unspecified atom stereocenters. The van der Waals surface area contributed by atoms with Crippen molar-refractivity contribution in [1.29, 1.82) is 0 Å². The van der Waals surface area contributed by atoms with Crippen LogP contribution in [0.2, 0.25) is 0 Å². The van der Waals surface area contributed by atoms with Crippen molar-refractivity contribution in [3.05, 3.63) is 29.8 Å². The van der Waals surface area contributed by atoms with E-state index in [0.717, 1.165) is 5.69 Å². The number of rotatable bonds is 5. The molecule has 0 fully saturated rings. The average molecular weight is 254 g/mol. The maximum atomic E-state index is 12.8. The molecule has 0 spiro atoms. The Balaban J connectivity index is 2.72. The van der Waals surface area contributed by atoms with Crippen LogP contribution in [0.25, 0.3) is 0 Å². The Morgan fingerprint density at radius 2 is 2.06 bits per heavy atom. The van der Waals surface area contributed by atoms with Gasteiger partial charge in [-0.2, -0.15) is 0 Å². The SMILES string of the molecule is CC(NC(CCO)C(C)(C)C)c1ccc(F)cn1. The molecule has 1 aromatic rings. The molecule has 18 heavy (non-hydrogen) atoms. The predicted molar refractivity (Wildman–Crippen MR) is 70.7 cm³/mol. The fourth-order valence-electron chi connectivity index (χ4n) is 1.93. The molecule has 0 aliphatic carbocycles. The number of halogens is 1. The van der Waals surface area contributed by atoms with Gasteiger partial charge in [-0.15, -0.1) is 0 Å². The lowest BCUT2D eigenvalue weighted by Gasteiger charge is -2.33. The summed E-state index contributed by atoms with van der Waals surface area (Å²) >= 11 is 0. The zero-order chi connectivity index (χ0) is 13.8. The van der Waals surface area contributed by atoms with Crippen LogP contribution in [0.1, 0.15) is 45.9 Å². The monoisotopic (exact) mass is 254 g/mol. The van der Waals surface area contributed by atoms with Crippen molar-refractivity contribution < 1.29 is 9.50 Å². The molecule has 0 aromatic carbocycles. The van der Waals surface area contributed by atoms with Crippen LogP contribution in [0.4, 0.5) is 4.39 Å². The average Bonchev–Trinajstić information content (AvgIpc) is 2.28. The van der Waals surface area contributed by atoms with Crippen molar-refractivity contribution in [2.45, 2.75) is 46.2 Å². The Morgan fingerprint density at radius 1 is 1.39 bits per heavy atom. The van der Waals surface area contributed by atoms with E-state index in [4.69, 9.17) is 5.11 Å². The van der Waals surface area contributed by atoms with E-state index >= 15 is 0 Å². The normalized spacial score (nSPS) is 15.4. The minimum absolute atomic E-state index is 0.0291. The second kappa shape index (κ2) is 6.25. The first-order valence-electron chi connectivity index (χ1n) is 6.33. The van der Waals surface area contributed by atoms with Gasteiger partial charge in [0, 0.05) is 18.7 Å². The first kappa shape index (κ1) is 15.1. The lowest BCUT2D eigenvalue weighted by Crippen LogP contribution is -2.42. The summed E-state index contributed by atoms with van der Waals surface area (Å²) in [6.45, 7) is 8.54. The van der Waals surface area contributed by atoms with E-state index < -0.39 is 0 Å². The van der Waals surface area contributed by atoms with Gasteiger partial charge in [0.25, 0.3) is 0 Å². The minimum Gasteiger partial charge on any atom is -0.396 e. The molecule has 0 aliphatic heterocycles. The first-order chi connectivity index (χ1) is 8.34. The van der Waals surface area contributed by atoms with Gasteiger partial charge >= 0.3 is 0 Å². The maximum absolute atomic E-state index is 12.8. The summed E-state index contributed by atoms with van der Waals surface area (Å²) in [5.74, 6) is -0.325. The predicted octanol–water partition coefficient (Wildman–Crippen LogP) is 2.67. The van der Waals surface area contributed by atoms with Crippen molar-refractivity contribution in [2.24, 2.45) is 5.41 Å². The van der Waals surface area contributed by atoms with Gasteiger partial charge in [-0.25, -0.2) is 4.39 Å². The van der Waals surface area contributed by atoms with Crippen LogP contribution in [-0.4, -0.2) is 22.7 Å². The number of nitrogens with one attached hydrogen (secondary N) is 1. The van der Waals surface area contributed by atoms with Crippen molar-refractivity contribution in [2.75, 3.05) is 6.61 Å². The highest BCUT2D eigenvalue weighted by Gasteiger charge is 2.25. The fourth-order valence-corrected chi connectivity index (χ4v) is 1.93. The van der Waals surface area contributed by atoms with Gasteiger partial charge in [0.15, 0.2) is 0 Å². The molecule has 1 aromatic heterocycles. The van der Waals surface area contributed by atoms with Crippen LogP contribution in [0.15, 0.2) is 18.3 Å². The van der Waals surface area contributed by atoms with E-state index in [-0.39, 0.29) is 29.9 Å². The number of pyridine rings is 1. The van der Waals surface area contributed by atoms with Crippen molar-refractivity contribution in [1.82, 2.24) is 10.3 Å². The molecule has 0 saturated carbocycles. The molecule has 0 aliphatic rings. The largest absolute Gasteiger partial charge is 0.396 e. The van der Waals surface area contributed by atoms with Gasteiger partial charge in [-0.05, 0) is 30.9 Å². The Labute approximate surface area is 108 Å². The number of aliphatic hydroxyl groups is 1. The summed E-state index contributed by atoms with van der Waals surface area (Å²) in [5.41, 5.74) is 0.861. The molecule has 2 atom stereocenters. The number of hydrogen-bond acceptors (Lipinski definition) is 3. The van der Waals surface area contributed by atoms with Crippen molar-refractivity contribution >= 4 is 0 Å². The third-order valence-electron chi connectivity index (χ3n) is 3.11. The third kappa shape index (κ3) is 4.35. The molecule has 2 N–H and O–H groups in total. The molecule has 102 valence electrons. The highest BCUT2D eigenvalue weighted by Crippen LogP contribution is 2.24. The van der Waals surface area contributed by atoms with Crippen LogP contribution in [0.3, 0.4) is 0 Å². The van der Waals surface area contributed by atoms with Crippen LogP contribution >= 0.6 is 0 Å². The summed E-state index contributed by atoms with van der Waals surface area (Å²) < 4.78 is 12.8. The second-order valence-corrected chi connectivity index (χ2v) is 5.72. The lowest BCUT2D eigenvalue weighted by molar-refractivity contribution is 0.187. The molecular formula is C14H23FN2O. The minimum atomic E-state index is -0.325. The zero-order valence-electron chi connectivity index (χ0n) is 11.6. The zero-order valence-corrected chi connectivity index (χ0v) is 11.6.